The first-order valence-corrected chi connectivity index (χ1v) is 7.27. The van der Waals surface area contributed by atoms with Crippen LogP contribution in [-0.4, -0.2) is 20.8 Å². The van der Waals surface area contributed by atoms with E-state index in [1.54, 1.807) is 0 Å². The minimum atomic E-state index is -4.86. The SMILES string of the molecule is C=CC(=C\C(=C)F)/C(=N/S(=O)C(C)(C)C)C(F)(F)F.CC. The minimum absolute atomic E-state index is 0.541. The summed E-state index contributed by atoms with van der Waals surface area (Å²) >= 11 is 0. The molecule has 0 aromatic rings. The van der Waals surface area contributed by atoms with Gasteiger partial charge in [0.1, 0.15) is 16.8 Å². The molecule has 0 fully saturated rings. The number of nitrogens with zero attached hydrogens (tertiary/aromatic N) is 1. The third-order valence-electron chi connectivity index (χ3n) is 1.77. The van der Waals surface area contributed by atoms with Gasteiger partial charge in [0.05, 0.1) is 4.75 Å². The first-order valence-electron chi connectivity index (χ1n) is 6.16. The fraction of sp³-hybridized carbons (Fsp3) is 0.500. The maximum absolute atomic E-state index is 12.9. The van der Waals surface area contributed by atoms with E-state index >= 15 is 0 Å². The van der Waals surface area contributed by atoms with Crippen molar-refractivity contribution >= 4 is 16.7 Å². The van der Waals surface area contributed by atoms with Crippen LogP contribution in [0.25, 0.3) is 0 Å². The molecule has 0 radical (unpaired) electrons. The maximum Gasteiger partial charge on any atom is 0.434 e. The van der Waals surface area contributed by atoms with Gasteiger partial charge in [0.15, 0.2) is 5.71 Å². The van der Waals surface area contributed by atoms with Gasteiger partial charge in [-0.15, -0.1) is 0 Å². The Labute approximate surface area is 125 Å². The summed E-state index contributed by atoms with van der Waals surface area (Å²) in [4.78, 5) is 0. The van der Waals surface area contributed by atoms with E-state index in [9.17, 15) is 21.8 Å². The van der Waals surface area contributed by atoms with Crippen molar-refractivity contribution < 1.29 is 21.8 Å². The van der Waals surface area contributed by atoms with Crippen LogP contribution in [0.3, 0.4) is 0 Å². The van der Waals surface area contributed by atoms with E-state index in [2.05, 4.69) is 17.6 Å². The Morgan fingerprint density at radius 3 is 1.86 bits per heavy atom. The van der Waals surface area contributed by atoms with Gasteiger partial charge in [0, 0.05) is 5.57 Å². The minimum Gasteiger partial charge on any atom is -0.234 e. The molecule has 0 heterocycles. The lowest BCUT2D eigenvalue weighted by Crippen LogP contribution is -2.28. The van der Waals surface area contributed by atoms with Crippen molar-refractivity contribution in [1.82, 2.24) is 0 Å². The third-order valence-corrected chi connectivity index (χ3v) is 3.17. The molecule has 0 amide bonds. The summed E-state index contributed by atoms with van der Waals surface area (Å²) in [5.41, 5.74) is -2.05. The molecule has 1 atom stereocenters. The van der Waals surface area contributed by atoms with Gasteiger partial charge in [-0.25, -0.2) is 8.60 Å². The lowest BCUT2D eigenvalue weighted by Gasteiger charge is -2.16. The van der Waals surface area contributed by atoms with E-state index in [-0.39, 0.29) is 0 Å². The quantitative estimate of drug-likeness (QED) is 0.402. The molecule has 0 bridgehead atoms. The van der Waals surface area contributed by atoms with E-state index in [4.69, 9.17) is 0 Å². The standard InChI is InChI=1S/C12H15F4NOS.C2H6/c1-6-9(7-8(2)13)10(12(14,15)16)17-19(18)11(3,4)5;1-2/h6-7H,1-2H2,3-5H3;1-2H3/b9-7+,17-10-;. The number of rotatable bonds is 4. The van der Waals surface area contributed by atoms with E-state index in [0.717, 1.165) is 6.08 Å². The van der Waals surface area contributed by atoms with Crippen LogP contribution in [0, 0.1) is 0 Å². The van der Waals surface area contributed by atoms with Gasteiger partial charge < -0.3 is 0 Å². The summed E-state index contributed by atoms with van der Waals surface area (Å²) in [6, 6.07) is 0. The van der Waals surface area contributed by atoms with Crippen LogP contribution < -0.4 is 0 Å². The summed E-state index contributed by atoms with van der Waals surface area (Å²) in [5.74, 6) is -1.08. The zero-order chi connectivity index (χ0) is 17.4. The molecule has 0 spiro atoms. The topological polar surface area (TPSA) is 29.4 Å². The van der Waals surface area contributed by atoms with Crippen molar-refractivity contribution in [3.05, 3.63) is 36.7 Å². The molecule has 2 nitrogen and oxygen atoms in total. The summed E-state index contributed by atoms with van der Waals surface area (Å²) in [6.07, 6.45) is -3.54. The van der Waals surface area contributed by atoms with Crippen LogP contribution in [0.1, 0.15) is 34.6 Å². The molecule has 0 aliphatic carbocycles. The van der Waals surface area contributed by atoms with Crippen LogP contribution in [0.2, 0.25) is 0 Å². The van der Waals surface area contributed by atoms with Gasteiger partial charge >= 0.3 is 6.18 Å². The highest BCUT2D eigenvalue weighted by Crippen LogP contribution is 2.26. The fourth-order valence-electron chi connectivity index (χ4n) is 0.881. The smallest absolute Gasteiger partial charge is 0.234 e. The molecular weight excluding hydrogens is 306 g/mol. The highest BCUT2D eigenvalue weighted by Gasteiger charge is 2.39. The second kappa shape index (κ2) is 8.92. The normalized spacial score (nSPS) is 14.9. The third kappa shape index (κ3) is 8.60. The molecule has 0 aliphatic rings. The lowest BCUT2D eigenvalue weighted by molar-refractivity contribution is -0.0578. The van der Waals surface area contributed by atoms with E-state index < -0.39 is 39.0 Å². The predicted octanol–water partition coefficient (Wildman–Crippen LogP) is 5.07. The monoisotopic (exact) mass is 327 g/mol. The van der Waals surface area contributed by atoms with Gasteiger partial charge in [-0.3, -0.25) is 0 Å². The van der Waals surface area contributed by atoms with Crippen LogP contribution in [0.4, 0.5) is 17.6 Å². The Morgan fingerprint density at radius 2 is 1.62 bits per heavy atom. The molecule has 1 unspecified atom stereocenters. The predicted molar refractivity (Wildman–Crippen MR) is 81.3 cm³/mol. The first kappa shape index (κ1) is 22.0. The number of hydrogen-bond donors (Lipinski definition) is 0. The lowest BCUT2D eigenvalue weighted by atomic mass is 10.1. The highest BCUT2D eigenvalue weighted by molar-refractivity contribution is 7.85. The van der Waals surface area contributed by atoms with E-state index in [1.807, 2.05) is 13.8 Å². The summed E-state index contributed by atoms with van der Waals surface area (Å²) in [5, 5.41) is 0. The van der Waals surface area contributed by atoms with E-state index in [1.165, 1.54) is 20.8 Å². The first-order chi connectivity index (χ1) is 9.39. The van der Waals surface area contributed by atoms with Gasteiger partial charge in [-0.1, -0.05) is 33.1 Å². The van der Waals surface area contributed by atoms with Gasteiger partial charge in [0.25, 0.3) is 0 Å². The highest BCUT2D eigenvalue weighted by atomic mass is 32.2. The zero-order valence-corrected chi connectivity index (χ0v) is 13.7. The number of hydrogen-bond acceptors (Lipinski definition) is 1. The number of alkyl halides is 3. The van der Waals surface area contributed by atoms with Gasteiger partial charge in [-0.2, -0.15) is 17.6 Å². The fourth-order valence-corrected chi connectivity index (χ4v) is 1.53. The molecule has 21 heavy (non-hydrogen) atoms. The van der Waals surface area contributed by atoms with Crippen molar-refractivity contribution in [1.29, 1.82) is 0 Å². The second-order valence-electron chi connectivity index (χ2n) is 4.55. The Kier molecular flexibility index (Phi) is 9.36. The molecule has 7 heteroatoms. The zero-order valence-electron chi connectivity index (χ0n) is 12.8. The average Bonchev–Trinajstić information content (AvgIpc) is 2.32. The van der Waals surface area contributed by atoms with Crippen molar-refractivity contribution in [3.63, 3.8) is 0 Å². The van der Waals surface area contributed by atoms with E-state index in [0.29, 0.717) is 6.08 Å². The Hall–Kier alpha value is -1.24. The van der Waals surface area contributed by atoms with Crippen LogP contribution in [0.5, 0.6) is 0 Å². The van der Waals surface area contributed by atoms with Crippen molar-refractivity contribution in [2.45, 2.75) is 45.5 Å². The number of allylic oxidation sites excluding steroid dienone is 4. The maximum atomic E-state index is 12.9. The average molecular weight is 327 g/mol. The molecule has 0 aromatic carbocycles. The Morgan fingerprint density at radius 1 is 1.19 bits per heavy atom. The summed E-state index contributed by atoms with van der Waals surface area (Å²) in [7, 11) is -2.12. The molecule has 0 aromatic heterocycles. The van der Waals surface area contributed by atoms with Crippen molar-refractivity contribution in [3.8, 4) is 0 Å². The Bertz CT molecular complexity index is 457. The summed E-state index contributed by atoms with van der Waals surface area (Å²) < 4.78 is 65.1. The molecule has 122 valence electrons. The second-order valence-corrected chi connectivity index (χ2v) is 6.46. The largest absolute Gasteiger partial charge is 0.434 e. The molecule has 0 aliphatic heterocycles. The van der Waals surface area contributed by atoms with Crippen LogP contribution >= 0.6 is 0 Å². The van der Waals surface area contributed by atoms with Crippen molar-refractivity contribution in [2.24, 2.45) is 4.40 Å². The molecule has 0 N–H and O–H groups in total. The molecule has 0 rings (SSSR count). The van der Waals surface area contributed by atoms with Crippen LogP contribution in [-0.2, 0) is 11.0 Å². The summed E-state index contributed by atoms with van der Waals surface area (Å²) in [6.45, 7) is 14.4. The molecular formula is C14H21F4NOS. The molecule has 0 saturated carbocycles. The van der Waals surface area contributed by atoms with Crippen LogP contribution in [0.15, 0.2) is 41.1 Å². The Balaban J connectivity index is 0. The molecule has 0 saturated heterocycles. The van der Waals surface area contributed by atoms with Gasteiger partial charge in [-0.05, 0) is 26.8 Å². The van der Waals surface area contributed by atoms with Crippen molar-refractivity contribution in [2.75, 3.05) is 0 Å². The van der Waals surface area contributed by atoms with Gasteiger partial charge in [0.2, 0.25) is 0 Å². The number of halogens is 4.